The summed E-state index contributed by atoms with van der Waals surface area (Å²) in [6, 6.07) is 8.01. The highest BCUT2D eigenvalue weighted by atomic mass is 19.4. The van der Waals surface area contributed by atoms with E-state index in [1.807, 2.05) is 0 Å². The molecule has 13 heteroatoms. The summed E-state index contributed by atoms with van der Waals surface area (Å²) in [6.07, 6.45) is -4.66. The van der Waals surface area contributed by atoms with E-state index in [9.17, 15) is 27.2 Å². The summed E-state index contributed by atoms with van der Waals surface area (Å²) in [4.78, 5) is 24.7. The number of hydrogen-bond acceptors (Lipinski definition) is 6. The Morgan fingerprint density at radius 1 is 1.16 bits per heavy atom. The highest BCUT2D eigenvalue weighted by Gasteiger charge is 2.41. The van der Waals surface area contributed by atoms with Crippen LogP contribution in [0.25, 0.3) is 5.69 Å². The maximum atomic E-state index is 13.6. The number of primary amides is 1. The first-order valence-corrected chi connectivity index (χ1v) is 11.0. The summed E-state index contributed by atoms with van der Waals surface area (Å²) in [5, 5.41) is 6.59. The lowest BCUT2D eigenvalue weighted by molar-refractivity contribution is -0.147. The zero-order valence-corrected chi connectivity index (χ0v) is 20.1. The lowest BCUT2D eigenvalue weighted by Gasteiger charge is -2.15. The van der Waals surface area contributed by atoms with E-state index < -0.39 is 46.8 Å². The number of nitrogens with one attached hydrogen (secondary N) is 1. The number of aromatic nitrogens is 2. The van der Waals surface area contributed by atoms with Crippen LogP contribution in [0, 0.1) is 5.82 Å². The van der Waals surface area contributed by atoms with Crippen molar-refractivity contribution in [1.82, 2.24) is 15.1 Å². The molecule has 0 saturated heterocycles. The lowest BCUT2D eigenvalue weighted by Crippen LogP contribution is -2.23. The average Bonchev–Trinajstić information content (AvgIpc) is 3.18. The highest BCUT2D eigenvalue weighted by molar-refractivity contribution is 5.98. The molecule has 5 N–H and O–H groups in total. The number of nitrogens with zero attached hydrogens (tertiary/aromatic N) is 2. The average molecular weight is 523 g/mol. The number of rotatable bonds is 9. The van der Waals surface area contributed by atoms with Gasteiger partial charge in [-0.05, 0) is 49.7 Å². The zero-order chi connectivity index (χ0) is 27.5. The van der Waals surface area contributed by atoms with E-state index in [-0.39, 0.29) is 35.9 Å². The molecular weight excluding hydrogens is 498 g/mol. The number of benzene rings is 2. The van der Waals surface area contributed by atoms with Crippen LogP contribution >= 0.6 is 0 Å². The van der Waals surface area contributed by atoms with Crippen LogP contribution in [-0.2, 0) is 6.54 Å². The van der Waals surface area contributed by atoms with E-state index in [4.69, 9.17) is 20.9 Å². The van der Waals surface area contributed by atoms with Crippen LogP contribution in [0.4, 0.5) is 23.2 Å². The fourth-order valence-electron chi connectivity index (χ4n) is 3.58. The number of alkyl halides is 3. The summed E-state index contributed by atoms with van der Waals surface area (Å²) in [7, 11) is 1.35. The number of carbonyl (C=O) groups is 2. The van der Waals surface area contributed by atoms with E-state index in [1.165, 1.54) is 31.4 Å². The van der Waals surface area contributed by atoms with E-state index in [0.717, 1.165) is 23.7 Å². The summed E-state index contributed by atoms with van der Waals surface area (Å²) in [5.41, 5.74) is 10.4. The third-order valence-corrected chi connectivity index (χ3v) is 5.50. The number of hydrogen-bond donors (Lipinski definition) is 3. The fraction of sp³-hybridized carbons (Fsp3) is 0.292. The van der Waals surface area contributed by atoms with Crippen LogP contribution in [-0.4, -0.2) is 41.5 Å². The zero-order valence-electron chi connectivity index (χ0n) is 20.1. The van der Waals surface area contributed by atoms with Crippen LogP contribution in [0.3, 0.4) is 0 Å². The predicted molar refractivity (Wildman–Crippen MR) is 126 cm³/mol. The Balaban J connectivity index is 1.97. The molecule has 198 valence electrons. The normalized spacial score (nSPS) is 12.2. The molecule has 3 rings (SSSR count). The van der Waals surface area contributed by atoms with Crippen molar-refractivity contribution < 1.29 is 36.6 Å². The van der Waals surface area contributed by atoms with Crippen molar-refractivity contribution >= 4 is 17.5 Å². The molecular formula is C24H25F4N5O4. The number of methoxy groups -OCH3 is 1. The Morgan fingerprint density at radius 3 is 2.46 bits per heavy atom. The van der Waals surface area contributed by atoms with Gasteiger partial charge in [-0.3, -0.25) is 9.59 Å². The molecule has 2 aromatic carbocycles. The summed E-state index contributed by atoms with van der Waals surface area (Å²) < 4.78 is 65.3. The molecule has 0 radical (unpaired) electrons. The predicted octanol–water partition coefficient (Wildman–Crippen LogP) is 3.70. The number of ether oxygens (including phenoxy) is 2. The van der Waals surface area contributed by atoms with Gasteiger partial charge in [-0.2, -0.15) is 18.3 Å². The van der Waals surface area contributed by atoms with E-state index in [2.05, 4.69) is 10.4 Å². The fourth-order valence-corrected chi connectivity index (χ4v) is 3.58. The Kier molecular flexibility index (Phi) is 7.94. The van der Waals surface area contributed by atoms with Gasteiger partial charge in [0.1, 0.15) is 23.0 Å². The largest absolute Gasteiger partial charge is 0.496 e. The Hall–Kier alpha value is -4.29. The van der Waals surface area contributed by atoms with E-state index in [1.54, 1.807) is 6.92 Å². The van der Waals surface area contributed by atoms with Crippen LogP contribution in [0.5, 0.6) is 11.5 Å². The molecule has 1 aromatic heterocycles. The van der Waals surface area contributed by atoms with Gasteiger partial charge in [-0.15, -0.1) is 0 Å². The van der Waals surface area contributed by atoms with E-state index in [0.29, 0.717) is 5.56 Å². The molecule has 37 heavy (non-hydrogen) atoms. The maximum absolute atomic E-state index is 13.6. The molecule has 3 aromatic rings. The van der Waals surface area contributed by atoms with Crippen molar-refractivity contribution in [1.29, 1.82) is 0 Å². The monoisotopic (exact) mass is 523 g/mol. The lowest BCUT2D eigenvalue weighted by atomic mass is 10.1. The number of nitrogens with two attached hydrogens (primary N) is 2. The number of anilines is 1. The minimum atomic E-state index is -4.66. The minimum absolute atomic E-state index is 0.00594. The van der Waals surface area contributed by atoms with Gasteiger partial charge in [-0.1, -0.05) is 6.07 Å². The van der Waals surface area contributed by atoms with Crippen LogP contribution in [0.2, 0.25) is 0 Å². The molecule has 2 amide bonds. The third kappa shape index (κ3) is 5.76. The first kappa shape index (κ1) is 27.3. The number of amides is 2. The van der Waals surface area contributed by atoms with Crippen LogP contribution < -0.4 is 26.3 Å². The molecule has 1 unspecified atom stereocenters. The smallest absolute Gasteiger partial charge is 0.397 e. The van der Waals surface area contributed by atoms with Gasteiger partial charge < -0.3 is 26.3 Å². The molecule has 1 atom stereocenters. The second kappa shape index (κ2) is 10.8. The number of carbonyl (C=O) groups excluding carboxylic acids is 2. The topological polar surface area (TPSA) is 134 Å². The summed E-state index contributed by atoms with van der Waals surface area (Å²) in [6.45, 7) is 2.70. The summed E-state index contributed by atoms with van der Waals surface area (Å²) in [5.74, 6) is -4.01. The quantitative estimate of drug-likeness (QED) is 0.366. The maximum Gasteiger partial charge on any atom is 0.397 e. The van der Waals surface area contributed by atoms with Gasteiger partial charge in [0.15, 0.2) is 5.69 Å². The first-order valence-electron chi connectivity index (χ1n) is 11.0. The first-order chi connectivity index (χ1) is 17.4. The van der Waals surface area contributed by atoms with Crippen molar-refractivity contribution in [2.24, 2.45) is 5.73 Å². The van der Waals surface area contributed by atoms with Crippen molar-refractivity contribution in [2.75, 3.05) is 19.5 Å². The molecule has 0 saturated carbocycles. The highest BCUT2D eigenvalue weighted by Crippen LogP contribution is 2.38. The van der Waals surface area contributed by atoms with Crippen LogP contribution in [0.1, 0.15) is 51.9 Å². The Morgan fingerprint density at radius 2 is 1.86 bits per heavy atom. The second-order valence-corrected chi connectivity index (χ2v) is 7.95. The Bertz CT molecular complexity index is 1320. The van der Waals surface area contributed by atoms with Gasteiger partial charge in [0, 0.05) is 6.54 Å². The molecule has 1 heterocycles. The van der Waals surface area contributed by atoms with Gasteiger partial charge in [0.25, 0.3) is 11.8 Å². The van der Waals surface area contributed by atoms with E-state index >= 15 is 0 Å². The Labute approximate surface area is 209 Å². The molecule has 0 spiro atoms. The molecule has 9 nitrogen and oxygen atoms in total. The number of nitrogen functional groups attached to an aromatic ring is 1. The molecule has 0 bridgehead atoms. The van der Waals surface area contributed by atoms with Crippen molar-refractivity contribution in [3.05, 3.63) is 64.7 Å². The third-order valence-electron chi connectivity index (χ3n) is 5.50. The molecule has 0 fully saturated rings. The van der Waals surface area contributed by atoms with Crippen LogP contribution in [0.15, 0.2) is 36.4 Å². The molecule has 0 aliphatic heterocycles. The SMILES string of the molecule is CCOc1cc(CNC(=O)c2cc(F)ccc2OC)ccc1-n1nc(C(C)C(F)(F)F)c(N)c1C(N)=O. The van der Waals surface area contributed by atoms with Gasteiger partial charge in [0.2, 0.25) is 0 Å². The van der Waals surface area contributed by atoms with Gasteiger partial charge >= 0.3 is 6.18 Å². The number of halogens is 4. The second-order valence-electron chi connectivity index (χ2n) is 7.95. The van der Waals surface area contributed by atoms with Gasteiger partial charge in [0.05, 0.1) is 36.6 Å². The standard InChI is InChI=1S/C24H25F4N5O4/c1-4-37-18-9-13(11-31-23(35)15-10-14(25)6-8-17(15)36-3)5-7-16(18)33-21(22(30)34)19(29)20(32-33)12(2)24(26,27)28/h5-10,12H,4,11,29H2,1-3H3,(H2,30,34)(H,31,35). The molecule has 0 aliphatic rings. The molecule has 0 aliphatic carbocycles. The van der Waals surface area contributed by atoms with Crippen molar-refractivity contribution in [3.8, 4) is 17.2 Å². The minimum Gasteiger partial charge on any atom is -0.496 e. The van der Waals surface area contributed by atoms with Gasteiger partial charge in [-0.25, -0.2) is 9.07 Å². The van der Waals surface area contributed by atoms with Crippen molar-refractivity contribution in [2.45, 2.75) is 32.5 Å². The summed E-state index contributed by atoms with van der Waals surface area (Å²) >= 11 is 0. The van der Waals surface area contributed by atoms with Crippen molar-refractivity contribution in [3.63, 3.8) is 0 Å².